The van der Waals surface area contributed by atoms with Crippen LogP contribution in [-0.2, 0) is 7.05 Å². The van der Waals surface area contributed by atoms with Crippen LogP contribution in [0.2, 0.25) is 0 Å². The van der Waals surface area contributed by atoms with Gasteiger partial charge in [-0.05, 0) is 56.9 Å². The van der Waals surface area contributed by atoms with E-state index in [1.165, 1.54) is 18.5 Å². The number of halogens is 1. The maximum atomic E-state index is 15.4. The molecule has 2 N–H and O–H groups in total. The molecule has 9 nitrogen and oxygen atoms in total. The van der Waals surface area contributed by atoms with E-state index < -0.39 is 5.82 Å². The fraction of sp³-hybridized carbons (Fsp3) is 0.231. The molecule has 0 aliphatic heterocycles. The lowest BCUT2D eigenvalue weighted by molar-refractivity contribution is 0.179. The van der Waals surface area contributed by atoms with Crippen LogP contribution < -0.4 is 15.6 Å². The average molecular weight is 488 g/mol. The van der Waals surface area contributed by atoms with Crippen molar-refractivity contribution in [1.82, 2.24) is 29.6 Å². The molecule has 3 aromatic heterocycles. The van der Waals surface area contributed by atoms with Crippen molar-refractivity contribution >= 4 is 33.3 Å². The van der Waals surface area contributed by atoms with E-state index in [0.29, 0.717) is 39.9 Å². The number of hydrogen-bond acceptors (Lipinski definition) is 7. The summed E-state index contributed by atoms with van der Waals surface area (Å²) < 4.78 is 23.5. The van der Waals surface area contributed by atoms with E-state index in [9.17, 15) is 4.79 Å². The van der Waals surface area contributed by atoms with Crippen molar-refractivity contribution in [2.75, 3.05) is 26.0 Å². The molecule has 5 rings (SSSR count). The molecular formula is C26H26FN7O2. The number of aryl methyl sites for hydroxylation is 1. The lowest BCUT2D eigenvalue weighted by atomic mass is 10.1. The third-order valence-corrected chi connectivity index (χ3v) is 5.78. The highest BCUT2D eigenvalue weighted by molar-refractivity contribution is 5.99. The number of aromatic nitrogens is 5. The zero-order valence-electron chi connectivity index (χ0n) is 20.4. The van der Waals surface area contributed by atoms with Gasteiger partial charge in [-0.25, -0.2) is 14.4 Å². The lowest BCUT2D eigenvalue weighted by Crippen LogP contribution is -2.28. The zero-order chi connectivity index (χ0) is 25.4. The number of anilines is 2. The molecular weight excluding hydrogens is 461 g/mol. The number of likely N-dealkylation sites (N-methyl/N-ethyl adjacent to an activating group) is 1. The van der Waals surface area contributed by atoms with Gasteiger partial charge in [-0.1, -0.05) is 0 Å². The second-order valence-corrected chi connectivity index (χ2v) is 9.02. The summed E-state index contributed by atoms with van der Waals surface area (Å²) in [5.41, 5.74) is 2.81. The molecule has 0 spiro atoms. The number of hydrogen-bond donors (Lipinski definition) is 2. The Bertz CT molecular complexity index is 1630. The Balaban J connectivity index is 1.63. The van der Waals surface area contributed by atoms with E-state index in [0.717, 1.165) is 11.1 Å². The van der Waals surface area contributed by atoms with Gasteiger partial charge in [-0.15, -0.1) is 0 Å². The summed E-state index contributed by atoms with van der Waals surface area (Å²) in [4.78, 5) is 25.2. The average Bonchev–Trinajstić information content (AvgIpc) is 3.26. The van der Waals surface area contributed by atoms with E-state index in [2.05, 4.69) is 25.4 Å². The quantitative estimate of drug-likeness (QED) is 0.357. The normalized spacial score (nSPS) is 12.4. The van der Waals surface area contributed by atoms with Gasteiger partial charge in [-0.3, -0.25) is 9.48 Å². The van der Waals surface area contributed by atoms with Crippen molar-refractivity contribution in [3.8, 4) is 16.9 Å². The second-order valence-electron chi connectivity index (χ2n) is 9.02. The van der Waals surface area contributed by atoms with Crippen LogP contribution in [0.25, 0.3) is 32.9 Å². The maximum Gasteiger partial charge on any atom is 0.248 e. The Morgan fingerprint density at radius 2 is 2.00 bits per heavy atom. The Labute approximate surface area is 206 Å². The largest absolute Gasteiger partial charge is 0.489 e. The highest BCUT2D eigenvalue weighted by atomic mass is 19.1. The van der Waals surface area contributed by atoms with Crippen LogP contribution in [0.3, 0.4) is 0 Å². The van der Waals surface area contributed by atoms with Crippen LogP contribution in [0.1, 0.15) is 6.92 Å². The molecule has 3 heterocycles. The van der Waals surface area contributed by atoms with Gasteiger partial charge in [0.1, 0.15) is 24.0 Å². The molecule has 0 unspecified atom stereocenters. The number of H-pyrrole nitrogens is 1. The summed E-state index contributed by atoms with van der Waals surface area (Å²) in [5, 5.41) is 8.33. The summed E-state index contributed by atoms with van der Waals surface area (Å²) in [6, 6.07) is 9.85. The first-order valence-electron chi connectivity index (χ1n) is 11.5. The highest BCUT2D eigenvalue weighted by Gasteiger charge is 2.18. The minimum absolute atomic E-state index is 0.130. The first-order chi connectivity index (χ1) is 17.3. The van der Waals surface area contributed by atoms with Crippen molar-refractivity contribution in [2.45, 2.75) is 13.0 Å². The third-order valence-electron chi connectivity index (χ3n) is 5.78. The number of nitrogens with one attached hydrogen (secondary N) is 2. The third kappa shape index (κ3) is 4.63. The molecule has 0 aliphatic rings. The molecule has 0 amide bonds. The Morgan fingerprint density at radius 3 is 2.75 bits per heavy atom. The second kappa shape index (κ2) is 9.38. The molecule has 5 aromatic rings. The summed E-state index contributed by atoms with van der Waals surface area (Å²) >= 11 is 0. The molecule has 0 saturated heterocycles. The summed E-state index contributed by atoms with van der Waals surface area (Å²) in [6.07, 6.45) is 5.00. The molecule has 10 heteroatoms. The molecule has 0 aliphatic carbocycles. The molecule has 0 radical (unpaired) electrons. The van der Waals surface area contributed by atoms with Crippen LogP contribution in [-0.4, -0.2) is 56.4 Å². The topological polar surface area (TPSA) is 101 Å². The molecule has 0 fully saturated rings. The van der Waals surface area contributed by atoms with Crippen LogP contribution in [0.15, 0.2) is 59.9 Å². The fourth-order valence-corrected chi connectivity index (χ4v) is 4.27. The van der Waals surface area contributed by atoms with Gasteiger partial charge >= 0.3 is 0 Å². The van der Waals surface area contributed by atoms with Crippen molar-refractivity contribution in [2.24, 2.45) is 7.05 Å². The van der Waals surface area contributed by atoms with Crippen molar-refractivity contribution in [3.63, 3.8) is 0 Å². The van der Waals surface area contributed by atoms with Gasteiger partial charge in [0.15, 0.2) is 5.82 Å². The van der Waals surface area contributed by atoms with Crippen LogP contribution >= 0.6 is 0 Å². The first kappa shape index (κ1) is 23.4. The van der Waals surface area contributed by atoms with Gasteiger partial charge in [0.25, 0.3) is 0 Å². The molecule has 2 aromatic carbocycles. The first-order valence-corrected chi connectivity index (χ1v) is 11.5. The van der Waals surface area contributed by atoms with E-state index >= 15 is 4.39 Å². The number of aromatic amines is 1. The minimum Gasteiger partial charge on any atom is -0.489 e. The van der Waals surface area contributed by atoms with Gasteiger partial charge in [0, 0.05) is 36.8 Å². The van der Waals surface area contributed by atoms with E-state index in [1.54, 1.807) is 23.0 Å². The molecule has 36 heavy (non-hydrogen) atoms. The van der Waals surface area contributed by atoms with Gasteiger partial charge in [0.2, 0.25) is 5.56 Å². The standard InChI is InChI=1S/C26H26FN7O2/c1-15(12-33(2)3)36-22-10-16(17-11-30-34(4)13-17)9-21-24(22)26(29-14-28-21)32-20-7-6-19-18(25(20)27)5-8-23(35)31-19/h5-11,13-15H,12H2,1-4H3,(H,31,35)(H,28,29,32)/t15-/m1/s1. The summed E-state index contributed by atoms with van der Waals surface area (Å²) in [6.45, 7) is 2.69. The number of fused-ring (bicyclic) bond motifs is 2. The van der Waals surface area contributed by atoms with Crippen LogP contribution in [0.4, 0.5) is 15.9 Å². The summed E-state index contributed by atoms with van der Waals surface area (Å²) in [7, 11) is 5.82. The molecule has 0 saturated carbocycles. The van der Waals surface area contributed by atoms with E-state index in [1.807, 2.05) is 51.3 Å². The van der Waals surface area contributed by atoms with Gasteiger partial charge in [-0.2, -0.15) is 5.10 Å². The fourth-order valence-electron chi connectivity index (χ4n) is 4.27. The Kier molecular flexibility index (Phi) is 6.11. The van der Waals surface area contributed by atoms with E-state index in [4.69, 9.17) is 4.74 Å². The summed E-state index contributed by atoms with van der Waals surface area (Å²) in [5.74, 6) is 0.493. The SMILES string of the molecule is C[C@H](CN(C)C)Oc1cc(-c2cnn(C)c2)cc2ncnc(Nc3ccc4[nH]c(=O)ccc4c3F)c12. The van der Waals surface area contributed by atoms with E-state index in [-0.39, 0.29) is 17.4 Å². The number of nitrogens with zero attached hydrogens (tertiary/aromatic N) is 5. The molecule has 184 valence electrons. The predicted molar refractivity (Wildman–Crippen MR) is 138 cm³/mol. The Hall–Kier alpha value is -4.31. The highest BCUT2D eigenvalue weighted by Crippen LogP contribution is 2.37. The number of ether oxygens (including phenoxy) is 1. The Morgan fingerprint density at radius 1 is 1.17 bits per heavy atom. The zero-order valence-corrected chi connectivity index (χ0v) is 20.4. The van der Waals surface area contributed by atoms with Crippen LogP contribution in [0.5, 0.6) is 5.75 Å². The lowest BCUT2D eigenvalue weighted by Gasteiger charge is -2.21. The monoisotopic (exact) mass is 487 g/mol. The number of pyridine rings is 1. The van der Waals surface area contributed by atoms with Gasteiger partial charge in [0.05, 0.1) is 28.3 Å². The minimum atomic E-state index is -0.495. The van der Waals surface area contributed by atoms with Crippen molar-refractivity contribution < 1.29 is 9.13 Å². The van der Waals surface area contributed by atoms with Crippen molar-refractivity contribution in [3.05, 3.63) is 71.3 Å². The van der Waals surface area contributed by atoms with Crippen LogP contribution in [0, 0.1) is 5.82 Å². The number of rotatable bonds is 7. The number of benzene rings is 2. The van der Waals surface area contributed by atoms with Crippen molar-refractivity contribution in [1.29, 1.82) is 0 Å². The van der Waals surface area contributed by atoms with Gasteiger partial charge < -0.3 is 19.9 Å². The molecule has 0 bridgehead atoms. The maximum absolute atomic E-state index is 15.4. The predicted octanol–water partition coefficient (Wildman–Crippen LogP) is 4.08. The molecule has 1 atom stereocenters. The smallest absolute Gasteiger partial charge is 0.248 e.